The van der Waals surface area contributed by atoms with Crippen molar-refractivity contribution < 1.29 is 9.13 Å². The zero-order valence-electron chi connectivity index (χ0n) is 8.70. The number of imidazole rings is 1. The molecule has 0 saturated heterocycles. The first-order valence-corrected chi connectivity index (χ1v) is 5.11. The van der Waals surface area contributed by atoms with E-state index in [0.29, 0.717) is 30.1 Å². The SMILES string of the molecule is COCCn1c(N)nc2cc(Cl)c(F)cc21. The van der Waals surface area contributed by atoms with Crippen molar-refractivity contribution in [2.45, 2.75) is 6.54 Å². The highest BCUT2D eigenvalue weighted by molar-refractivity contribution is 6.31. The van der Waals surface area contributed by atoms with Crippen LogP contribution in [-0.4, -0.2) is 23.3 Å². The molecule has 0 amide bonds. The molecule has 1 aromatic carbocycles. The molecule has 0 bridgehead atoms. The lowest BCUT2D eigenvalue weighted by Gasteiger charge is -2.05. The molecular weight excluding hydrogens is 233 g/mol. The molecular formula is C10H11ClFN3O. The summed E-state index contributed by atoms with van der Waals surface area (Å²) in [6, 6.07) is 2.79. The smallest absolute Gasteiger partial charge is 0.201 e. The molecule has 2 aromatic rings. The molecule has 0 saturated carbocycles. The van der Waals surface area contributed by atoms with Crippen LogP contribution in [0.4, 0.5) is 10.3 Å². The van der Waals surface area contributed by atoms with E-state index in [0.717, 1.165) is 0 Å². The summed E-state index contributed by atoms with van der Waals surface area (Å²) in [5.41, 5.74) is 6.93. The van der Waals surface area contributed by atoms with Crippen molar-refractivity contribution in [3.05, 3.63) is 23.0 Å². The van der Waals surface area contributed by atoms with Crippen LogP contribution in [0.25, 0.3) is 11.0 Å². The van der Waals surface area contributed by atoms with E-state index in [-0.39, 0.29) is 5.02 Å². The van der Waals surface area contributed by atoms with Crippen LogP contribution in [0.3, 0.4) is 0 Å². The van der Waals surface area contributed by atoms with Crippen LogP contribution in [0.5, 0.6) is 0 Å². The number of aromatic nitrogens is 2. The summed E-state index contributed by atoms with van der Waals surface area (Å²) in [6.07, 6.45) is 0. The molecule has 0 radical (unpaired) electrons. The summed E-state index contributed by atoms with van der Waals surface area (Å²) < 4.78 is 20.0. The minimum Gasteiger partial charge on any atom is -0.383 e. The maximum atomic E-state index is 13.3. The fourth-order valence-electron chi connectivity index (χ4n) is 1.56. The molecule has 0 spiro atoms. The Hall–Kier alpha value is -1.33. The van der Waals surface area contributed by atoms with E-state index < -0.39 is 5.82 Å². The Morgan fingerprint density at radius 3 is 3.00 bits per heavy atom. The number of ether oxygens (including phenoxy) is 1. The molecule has 2 rings (SSSR count). The van der Waals surface area contributed by atoms with Gasteiger partial charge >= 0.3 is 0 Å². The van der Waals surface area contributed by atoms with Gasteiger partial charge in [0.1, 0.15) is 5.82 Å². The predicted octanol–water partition coefficient (Wildman–Crippen LogP) is 2.06. The summed E-state index contributed by atoms with van der Waals surface area (Å²) in [7, 11) is 1.59. The number of hydrogen-bond acceptors (Lipinski definition) is 3. The van der Waals surface area contributed by atoms with Gasteiger partial charge in [-0.3, -0.25) is 0 Å². The van der Waals surface area contributed by atoms with Crippen molar-refractivity contribution in [1.82, 2.24) is 9.55 Å². The molecule has 86 valence electrons. The number of rotatable bonds is 3. The molecule has 0 unspecified atom stereocenters. The number of benzene rings is 1. The zero-order chi connectivity index (χ0) is 11.7. The zero-order valence-corrected chi connectivity index (χ0v) is 9.46. The number of halogens is 2. The van der Waals surface area contributed by atoms with Gasteiger partial charge in [0.05, 0.1) is 22.7 Å². The number of methoxy groups -OCH3 is 1. The lowest BCUT2D eigenvalue weighted by atomic mass is 10.3. The quantitative estimate of drug-likeness (QED) is 0.898. The van der Waals surface area contributed by atoms with Crippen LogP contribution in [0.2, 0.25) is 5.02 Å². The second-order valence-electron chi connectivity index (χ2n) is 3.37. The summed E-state index contributed by atoms with van der Waals surface area (Å²) in [6.45, 7) is 1.01. The molecule has 0 fully saturated rings. The predicted molar refractivity (Wildman–Crippen MR) is 61.0 cm³/mol. The van der Waals surface area contributed by atoms with Gasteiger partial charge in [-0.2, -0.15) is 0 Å². The standard InChI is InChI=1S/C10H11ClFN3O/c1-16-3-2-15-9-5-7(12)6(11)4-8(9)14-10(15)13/h4-5H,2-3H2,1H3,(H2,13,14). The summed E-state index contributed by atoms with van der Waals surface area (Å²) >= 11 is 5.66. The molecule has 0 atom stereocenters. The van der Waals surface area contributed by atoms with E-state index >= 15 is 0 Å². The van der Waals surface area contributed by atoms with Crippen LogP contribution in [0, 0.1) is 5.82 Å². The number of fused-ring (bicyclic) bond motifs is 1. The lowest BCUT2D eigenvalue weighted by Crippen LogP contribution is -2.07. The normalized spacial score (nSPS) is 11.2. The second-order valence-corrected chi connectivity index (χ2v) is 3.78. The Labute approximate surface area is 96.8 Å². The van der Waals surface area contributed by atoms with E-state index in [9.17, 15) is 4.39 Å². The number of nitrogens with two attached hydrogens (primary N) is 1. The number of hydrogen-bond donors (Lipinski definition) is 1. The van der Waals surface area contributed by atoms with E-state index in [4.69, 9.17) is 22.1 Å². The first-order chi connectivity index (χ1) is 7.63. The maximum Gasteiger partial charge on any atom is 0.201 e. The molecule has 0 aliphatic heterocycles. The first kappa shape index (κ1) is 11.2. The fraction of sp³-hybridized carbons (Fsp3) is 0.300. The van der Waals surface area contributed by atoms with Crippen LogP contribution in [0.1, 0.15) is 0 Å². The first-order valence-electron chi connectivity index (χ1n) is 4.73. The van der Waals surface area contributed by atoms with Gasteiger partial charge in [-0.25, -0.2) is 9.37 Å². The third kappa shape index (κ3) is 1.83. The summed E-state index contributed by atoms with van der Waals surface area (Å²) in [5, 5.41) is 0.0453. The number of nitrogens with zero attached hydrogens (tertiary/aromatic N) is 2. The highest BCUT2D eigenvalue weighted by atomic mass is 35.5. The summed E-state index contributed by atoms with van der Waals surface area (Å²) in [4.78, 5) is 4.10. The van der Waals surface area contributed by atoms with Gasteiger partial charge in [0, 0.05) is 19.7 Å². The van der Waals surface area contributed by atoms with E-state index in [1.807, 2.05) is 0 Å². The fourth-order valence-corrected chi connectivity index (χ4v) is 1.71. The lowest BCUT2D eigenvalue weighted by molar-refractivity contribution is 0.189. The molecule has 1 heterocycles. The van der Waals surface area contributed by atoms with Crippen LogP contribution < -0.4 is 5.73 Å². The molecule has 4 nitrogen and oxygen atoms in total. The third-order valence-electron chi connectivity index (χ3n) is 2.34. The van der Waals surface area contributed by atoms with Crippen molar-refractivity contribution in [3.63, 3.8) is 0 Å². The van der Waals surface area contributed by atoms with Gasteiger partial charge in [-0.05, 0) is 6.07 Å². The maximum absolute atomic E-state index is 13.3. The molecule has 16 heavy (non-hydrogen) atoms. The number of nitrogen functional groups attached to an aromatic ring is 1. The van der Waals surface area contributed by atoms with Crippen molar-refractivity contribution in [1.29, 1.82) is 0 Å². The van der Waals surface area contributed by atoms with Crippen molar-refractivity contribution in [2.24, 2.45) is 0 Å². The van der Waals surface area contributed by atoms with Gasteiger partial charge in [-0.15, -0.1) is 0 Å². The van der Waals surface area contributed by atoms with Crippen LogP contribution >= 0.6 is 11.6 Å². The van der Waals surface area contributed by atoms with Gasteiger partial charge in [0.2, 0.25) is 5.95 Å². The summed E-state index contributed by atoms with van der Waals surface area (Å²) in [5.74, 6) is -0.151. The van der Waals surface area contributed by atoms with Crippen LogP contribution in [0.15, 0.2) is 12.1 Å². The van der Waals surface area contributed by atoms with Gasteiger partial charge < -0.3 is 15.0 Å². The Morgan fingerprint density at radius 2 is 2.31 bits per heavy atom. The van der Waals surface area contributed by atoms with Crippen LogP contribution in [-0.2, 0) is 11.3 Å². The Bertz CT molecular complexity index is 526. The van der Waals surface area contributed by atoms with Crippen molar-refractivity contribution >= 4 is 28.6 Å². The monoisotopic (exact) mass is 243 g/mol. The molecule has 6 heteroatoms. The molecule has 2 N–H and O–H groups in total. The Balaban J connectivity index is 2.55. The average Bonchev–Trinajstić information content (AvgIpc) is 2.52. The molecule has 0 aliphatic rings. The van der Waals surface area contributed by atoms with E-state index in [2.05, 4.69) is 4.98 Å². The average molecular weight is 244 g/mol. The van der Waals surface area contributed by atoms with Crippen molar-refractivity contribution in [2.75, 3.05) is 19.5 Å². The van der Waals surface area contributed by atoms with Crippen molar-refractivity contribution in [3.8, 4) is 0 Å². The Morgan fingerprint density at radius 1 is 1.56 bits per heavy atom. The van der Waals surface area contributed by atoms with Gasteiger partial charge in [0.15, 0.2) is 0 Å². The Kier molecular flexibility index (Phi) is 2.98. The van der Waals surface area contributed by atoms with Gasteiger partial charge in [0.25, 0.3) is 0 Å². The third-order valence-corrected chi connectivity index (χ3v) is 2.63. The molecule has 0 aliphatic carbocycles. The van der Waals surface area contributed by atoms with E-state index in [1.165, 1.54) is 12.1 Å². The molecule has 1 aromatic heterocycles. The highest BCUT2D eigenvalue weighted by Crippen LogP contribution is 2.24. The largest absolute Gasteiger partial charge is 0.383 e. The number of anilines is 1. The minimum atomic E-state index is -0.479. The topological polar surface area (TPSA) is 53.1 Å². The second kappa shape index (κ2) is 4.27. The minimum absolute atomic E-state index is 0.0453. The van der Waals surface area contributed by atoms with Gasteiger partial charge in [-0.1, -0.05) is 11.6 Å². The van der Waals surface area contributed by atoms with E-state index in [1.54, 1.807) is 11.7 Å². The highest BCUT2D eigenvalue weighted by Gasteiger charge is 2.11.